The molecule has 98 valence electrons. The number of nitrogens with one attached hydrogen (secondary N) is 1. The minimum Gasteiger partial charge on any atom is -0.382 e. The minimum absolute atomic E-state index is 0.174. The number of anilines is 1. The van der Waals surface area contributed by atoms with E-state index in [0.29, 0.717) is 17.7 Å². The molecule has 0 aliphatic heterocycles. The standard InChI is InChI=1S/C14H19NO2S/c1-4-6-12(3)15-13-7-9-14(10-8-13)18(16,17)11-5-2/h1,7-10,12,15H,5-6,11H2,2-3H3. The van der Waals surface area contributed by atoms with Gasteiger partial charge in [0.15, 0.2) is 9.84 Å². The SMILES string of the molecule is C#CCC(C)Nc1ccc(S(=O)(=O)CCC)cc1. The van der Waals surface area contributed by atoms with E-state index in [2.05, 4.69) is 11.2 Å². The topological polar surface area (TPSA) is 46.2 Å². The lowest BCUT2D eigenvalue weighted by Gasteiger charge is -2.12. The first-order valence-corrected chi connectivity index (χ1v) is 7.67. The second-order valence-electron chi connectivity index (χ2n) is 4.30. The molecule has 0 spiro atoms. The number of benzene rings is 1. The van der Waals surface area contributed by atoms with Gasteiger partial charge in [-0.15, -0.1) is 12.3 Å². The molecule has 1 aromatic carbocycles. The third kappa shape index (κ3) is 4.08. The molecule has 1 N–H and O–H groups in total. The van der Waals surface area contributed by atoms with Gasteiger partial charge in [0.2, 0.25) is 0 Å². The van der Waals surface area contributed by atoms with E-state index < -0.39 is 9.84 Å². The smallest absolute Gasteiger partial charge is 0.178 e. The summed E-state index contributed by atoms with van der Waals surface area (Å²) in [4.78, 5) is 0.375. The van der Waals surface area contributed by atoms with Gasteiger partial charge < -0.3 is 5.32 Å². The van der Waals surface area contributed by atoms with Crippen molar-refractivity contribution in [2.75, 3.05) is 11.1 Å². The lowest BCUT2D eigenvalue weighted by atomic mass is 10.2. The molecule has 0 aliphatic carbocycles. The van der Waals surface area contributed by atoms with Crippen LogP contribution in [0, 0.1) is 12.3 Å². The van der Waals surface area contributed by atoms with Crippen LogP contribution in [0.25, 0.3) is 0 Å². The normalized spacial score (nSPS) is 12.7. The first kappa shape index (κ1) is 14.6. The van der Waals surface area contributed by atoms with Crippen LogP contribution in [0.3, 0.4) is 0 Å². The van der Waals surface area contributed by atoms with E-state index in [9.17, 15) is 8.42 Å². The van der Waals surface area contributed by atoms with E-state index in [-0.39, 0.29) is 11.8 Å². The first-order chi connectivity index (χ1) is 8.49. The number of hydrogen-bond acceptors (Lipinski definition) is 3. The Bertz CT molecular complexity index is 512. The van der Waals surface area contributed by atoms with Crippen molar-refractivity contribution in [3.63, 3.8) is 0 Å². The van der Waals surface area contributed by atoms with Crippen molar-refractivity contribution in [1.82, 2.24) is 0 Å². The van der Waals surface area contributed by atoms with Crippen LogP contribution in [0.1, 0.15) is 26.7 Å². The summed E-state index contributed by atoms with van der Waals surface area (Å²) < 4.78 is 23.6. The van der Waals surface area contributed by atoms with Crippen LogP contribution in [-0.4, -0.2) is 20.2 Å². The molecule has 0 aliphatic rings. The van der Waals surface area contributed by atoms with Crippen molar-refractivity contribution >= 4 is 15.5 Å². The fourth-order valence-electron chi connectivity index (χ4n) is 1.66. The van der Waals surface area contributed by atoms with Gasteiger partial charge in [0.05, 0.1) is 10.6 Å². The zero-order chi connectivity index (χ0) is 13.6. The third-order valence-corrected chi connectivity index (χ3v) is 4.46. The molecule has 4 heteroatoms. The highest BCUT2D eigenvalue weighted by atomic mass is 32.2. The highest BCUT2D eigenvalue weighted by molar-refractivity contribution is 7.91. The summed E-state index contributed by atoms with van der Waals surface area (Å²) in [7, 11) is -3.13. The monoisotopic (exact) mass is 265 g/mol. The average molecular weight is 265 g/mol. The minimum atomic E-state index is -3.13. The third-order valence-electron chi connectivity index (χ3n) is 2.52. The number of hydrogen-bond donors (Lipinski definition) is 1. The molecule has 18 heavy (non-hydrogen) atoms. The van der Waals surface area contributed by atoms with Gasteiger partial charge in [0.1, 0.15) is 0 Å². The van der Waals surface area contributed by atoms with Gasteiger partial charge in [-0.2, -0.15) is 0 Å². The molecule has 0 aromatic heterocycles. The Morgan fingerprint density at radius 1 is 1.33 bits per heavy atom. The largest absolute Gasteiger partial charge is 0.382 e. The molecule has 1 rings (SSSR count). The molecule has 0 saturated carbocycles. The lowest BCUT2D eigenvalue weighted by Crippen LogP contribution is -2.14. The summed E-state index contributed by atoms with van der Waals surface area (Å²) in [5, 5.41) is 3.22. The van der Waals surface area contributed by atoms with Crippen LogP contribution < -0.4 is 5.32 Å². The van der Waals surface area contributed by atoms with E-state index >= 15 is 0 Å². The summed E-state index contributed by atoms with van der Waals surface area (Å²) >= 11 is 0. The number of sulfone groups is 1. The molecule has 0 amide bonds. The molecular weight excluding hydrogens is 246 g/mol. The van der Waals surface area contributed by atoms with Crippen LogP contribution in [0.2, 0.25) is 0 Å². The summed E-state index contributed by atoms with van der Waals surface area (Å²) in [5.74, 6) is 2.77. The second-order valence-corrected chi connectivity index (χ2v) is 6.41. The maximum Gasteiger partial charge on any atom is 0.178 e. The van der Waals surface area contributed by atoms with E-state index in [4.69, 9.17) is 6.42 Å². The van der Waals surface area contributed by atoms with Gasteiger partial charge in [-0.3, -0.25) is 0 Å². The molecule has 0 heterocycles. The molecule has 1 atom stereocenters. The van der Waals surface area contributed by atoms with Crippen LogP contribution in [0.15, 0.2) is 29.2 Å². The summed E-state index contributed by atoms with van der Waals surface area (Å²) in [5.41, 5.74) is 0.883. The van der Waals surface area contributed by atoms with Crippen molar-refractivity contribution < 1.29 is 8.42 Å². The van der Waals surface area contributed by atoms with Crippen LogP contribution in [-0.2, 0) is 9.84 Å². The highest BCUT2D eigenvalue weighted by Gasteiger charge is 2.12. The van der Waals surface area contributed by atoms with E-state index in [1.54, 1.807) is 24.3 Å². The zero-order valence-corrected chi connectivity index (χ0v) is 11.6. The molecule has 0 fully saturated rings. The molecule has 0 bridgehead atoms. The quantitative estimate of drug-likeness (QED) is 0.804. The van der Waals surface area contributed by atoms with Gasteiger partial charge >= 0.3 is 0 Å². The zero-order valence-electron chi connectivity index (χ0n) is 10.8. The van der Waals surface area contributed by atoms with Crippen molar-refractivity contribution in [3.05, 3.63) is 24.3 Å². The second kappa shape index (κ2) is 6.46. The summed E-state index contributed by atoms with van der Waals surface area (Å²) in [6.45, 7) is 3.84. The Balaban J connectivity index is 2.78. The van der Waals surface area contributed by atoms with Gasteiger partial charge in [-0.05, 0) is 37.6 Å². The fourth-order valence-corrected chi connectivity index (χ4v) is 2.98. The molecule has 1 aromatic rings. The average Bonchev–Trinajstić information content (AvgIpc) is 2.30. The fraction of sp³-hybridized carbons (Fsp3) is 0.429. The van der Waals surface area contributed by atoms with Gasteiger partial charge in [-0.25, -0.2) is 8.42 Å². The Kier molecular flexibility index (Phi) is 5.24. The molecular formula is C14H19NO2S. The number of rotatable bonds is 6. The molecule has 0 radical (unpaired) electrons. The summed E-state index contributed by atoms with van der Waals surface area (Å²) in [6, 6.07) is 6.99. The Labute approximate surface area is 110 Å². The lowest BCUT2D eigenvalue weighted by molar-refractivity contribution is 0.595. The van der Waals surface area contributed by atoms with Crippen LogP contribution in [0.4, 0.5) is 5.69 Å². The predicted molar refractivity (Wildman–Crippen MR) is 75.3 cm³/mol. The molecule has 0 saturated heterocycles. The highest BCUT2D eigenvalue weighted by Crippen LogP contribution is 2.17. The van der Waals surface area contributed by atoms with Gasteiger partial charge in [0.25, 0.3) is 0 Å². The maximum atomic E-state index is 11.8. The van der Waals surface area contributed by atoms with Crippen molar-refractivity contribution in [2.45, 2.75) is 37.6 Å². The Morgan fingerprint density at radius 2 is 1.94 bits per heavy atom. The summed E-state index contributed by atoms with van der Waals surface area (Å²) in [6.07, 6.45) is 6.49. The van der Waals surface area contributed by atoms with Crippen molar-refractivity contribution in [2.24, 2.45) is 0 Å². The number of terminal acetylenes is 1. The van der Waals surface area contributed by atoms with Gasteiger partial charge in [-0.1, -0.05) is 6.92 Å². The Hall–Kier alpha value is -1.47. The van der Waals surface area contributed by atoms with E-state index in [1.165, 1.54) is 0 Å². The van der Waals surface area contributed by atoms with Crippen LogP contribution >= 0.6 is 0 Å². The van der Waals surface area contributed by atoms with E-state index in [0.717, 1.165) is 5.69 Å². The maximum absolute atomic E-state index is 11.8. The van der Waals surface area contributed by atoms with E-state index in [1.807, 2.05) is 13.8 Å². The van der Waals surface area contributed by atoms with Crippen LogP contribution in [0.5, 0.6) is 0 Å². The molecule has 1 unspecified atom stereocenters. The van der Waals surface area contributed by atoms with Crippen molar-refractivity contribution in [1.29, 1.82) is 0 Å². The van der Waals surface area contributed by atoms with Crippen molar-refractivity contribution in [3.8, 4) is 12.3 Å². The van der Waals surface area contributed by atoms with Gasteiger partial charge in [0, 0.05) is 18.2 Å². The molecule has 3 nitrogen and oxygen atoms in total. The first-order valence-electron chi connectivity index (χ1n) is 6.02. The Morgan fingerprint density at radius 3 is 2.44 bits per heavy atom. The predicted octanol–water partition coefficient (Wildman–Crippen LogP) is 2.69.